The standard InChI is InChI=1S/C13H18ClN3O/c1-2-13(6-3-7-13)8-16-12(18)11-9(14)4-5-10(15)17-11/h4-5H,2-3,6-8H2,1H3,(H2,15,17)(H,16,18). The van der Waals surface area contributed by atoms with E-state index >= 15 is 0 Å². The van der Waals surface area contributed by atoms with Crippen molar-refractivity contribution >= 4 is 23.3 Å². The summed E-state index contributed by atoms with van der Waals surface area (Å²) in [4.78, 5) is 16.0. The molecule has 18 heavy (non-hydrogen) atoms. The maximum Gasteiger partial charge on any atom is 0.271 e. The third kappa shape index (κ3) is 2.58. The SMILES string of the molecule is CCC1(CNC(=O)c2nc(N)ccc2Cl)CCC1. The van der Waals surface area contributed by atoms with E-state index in [4.69, 9.17) is 17.3 Å². The molecular formula is C13H18ClN3O. The van der Waals surface area contributed by atoms with Crippen LogP contribution in [-0.4, -0.2) is 17.4 Å². The van der Waals surface area contributed by atoms with Crippen molar-refractivity contribution in [2.75, 3.05) is 12.3 Å². The summed E-state index contributed by atoms with van der Waals surface area (Å²) in [6.07, 6.45) is 4.70. The van der Waals surface area contributed by atoms with Crippen molar-refractivity contribution in [3.63, 3.8) is 0 Å². The highest BCUT2D eigenvalue weighted by Crippen LogP contribution is 2.43. The number of nitrogens with one attached hydrogen (secondary N) is 1. The Bertz CT molecular complexity index is 452. The quantitative estimate of drug-likeness (QED) is 0.881. The average Bonchev–Trinajstić information content (AvgIpc) is 2.31. The number of anilines is 1. The van der Waals surface area contributed by atoms with Gasteiger partial charge in [-0.25, -0.2) is 4.98 Å². The smallest absolute Gasteiger partial charge is 0.271 e. The van der Waals surface area contributed by atoms with Gasteiger partial charge in [0.05, 0.1) is 5.02 Å². The van der Waals surface area contributed by atoms with E-state index in [0.29, 0.717) is 17.4 Å². The van der Waals surface area contributed by atoms with Gasteiger partial charge < -0.3 is 11.1 Å². The van der Waals surface area contributed by atoms with Crippen molar-refractivity contribution in [1.29, 1.82) is 0 Å². The van der Waals surface area contributed by atoms with Gasteiger partial charge in [-0.2, -0.15) is 0 Å². The minimum absolute atomic E-state index is 0.210. The molecule has 0 radical (unpaired) electrons. The molecule has 1 saturated carbocycles. The molecule has 1 aliphatic rings. The molecule has 1 fully saturated rings. The molecule has 1 aromatic heterocycles. The van der Waals surface area contributed by atoms with Crippen LogP contribution < -0.4 is 11.1 Å². The second-order valence-electron chi connectivity index (χ2n) is 4.96. The molecule has 0 aromatic carbocycles. The van der Waals surface area contributed by atoms with E-state index in [0.717, 1.165) is 6.42 Å². The number of hydrogen-bond donors (Lipinski definition) is 2. The predicted molar refractivity (Wildman–Crippen MR) is 72.6 cm³/mol. The van der Waals surface area contributed by atoms with Crippen LogP contribution >= 0.6 is 11.6 Å². The lowest BCUT2D eigenvalue weighted by molar-refractivity contribution is 0.0846. The highest BCUT2D eigenvalue weighted by atomic mass is 35.5. The number of aromatic nitrogens is 1. The van der Waals surface area contributed by atoms with Crippen LogP contribution in [0.1, 0.15) is 43.1 Å². The number of halogens is 1. The normalized spacial score (nSPS) is 17.0. The van der Waals surface area contributed by atoms with E-state index in [1.54, 1.807) is 12.1 Å². The number of pyridine rings is 1. The summed E-state index contributed by atoms with van der Waals surface area (Å²) in [5.74, 6) is 0.0606. The van der Waals surface area contributed by atoms with Crippen molar-refractivity contribution < 1.29 is 4.79 Å². The summed E-state index contributed by atoms with van der Waals surface area (Å²) < 4.78 is 0. The largest absolute Gasteiger partial charge is 0.384 e. The van der Waals surface area contributed by atoms with Crippen molar-refractivity contribution in [2.24, 2.45) is 5.41 Å². The van der Waals surface area contributed by atoms with Crippen molar-refractivity contribution in [3.05, 3.63) is 22.8 Å². The summed E-state index contributed by atoms with van der Waals surface area (Å²) in [7, 11) is 0. The van der Waals surface area contributed by atoms with Crippen LogP contribution in [0.3, 0.4) is 0 Å². The van der Waals surface area contributed by atoms with Gasteiger partial charge in [0.25, 0.3) is 5.91 Å². The Morgan fingerprint density at radius 3 is 2.83 bits per heavy atom. The molecule has 0 atom stereocenters. The van der Waals surface area contributed by atoms with Gasteiger partial charge in [-0.05, 0) is 36.8 Å². The number of hydrogen-bond acceptors (Lipinski definition) is 3. The zero-order chi connectivity index (χ0) is 13.2. The second-order valence-corrected chi connectivity index (χ2v) is 5.36. The first-order valence-electron chi connectivity index (χ1n) is 6.26. The van der Waals surface area contributed by atoms with Gasteiger partial charge in [0.1, 0.15) is 11.5 Å². The van der Waals surface area contributed by atoms with Gasteiger partial charge in [-0.3, -0.25) is 4.79 Å². The molecule has 3 N–H and O–H groups in total. The number of carbonyl (C=O) groups is 1. The molecule has 1 amide bonds. The minimum atomic E-state index is -0.243. The maximum atomic E-state index is 12.0. The molecule has 1 aromatic rings. The van der Waals surface area contributed by atoms with E-state index < -0.39 is 0 Å². The zero-order valence-corrected chi connectivity index (χ0v) is 11.3. The third-order valence-corrected chi connectivity index (χ3v) is 4.18. The van der Waals surface area contributed by atoms with Gasteiger partial charge in [-0.1, -0.05) is 24.9 Å². The molecule has 0 aliphatic heterocycles. The lowest BCUT2D eigenvalue weighted by Crippen LogP contribution is -2.42. The van der Waals surface area contributed by atoms with Crippen molar-refractivity contribution in [1.82, 2.24) is 10.3 Å². The summed E-state index contributed by atoms with van der Waals surface area (Å²) in [6.45, 7) is 2.85. The molecule has 0 unspecified atom stereocenters. The highest BCUT2D eigenvalue weighted by molar-refractivity contribution is 6.33. The van der Waals surface area contributed by atoms with Gasteiger partial charge in [0, 0.05) is 6.54 Å². The first-order valence-corrected chi connectivity index (χ1v) is 6.64. The number of rotatable bonds is 4. The van der Waals surface area contributed by atoms with Crippen LogP contribution in [0.5, 0.6) is 0 Å². The van der Waals surface area contributed by atoms with E-state index in [2.05, 4.69) is 17.2 Å². The van der Waals surface area contributed by atoms with Gasteiger partial charge in [0.15, 0.2) is 0 Å². The predicted octanol–water partition coefficient (Wildman–Crippen LogP) is 2.63. The molecule has 5 heteroatoms. The maximum absolute atomic E-state index is 12.0. The average molecular weight is 268 g/mol. The molecule has 98 valence electrons. The topological polar surface area (TPSA) is 68.0 Å². The first kappa shape index (κ1) is 13.1. The van der Waals surface area contributed by atoms with Crippen LogP contribution in [0.4, 0.5) is 5.82 Å². The molecule has 0 spiro atoms. The van der Waals surface area contributed by atoms with Crippen LogP contribution in [0.2, 0.25) is 5.02 Å². The summed E-state index contributed by atoms with van der Waals surface area (Å²) in [6, 6.07) is 3.18. The Morgan fingerprint density at radius 2 is 2.28 bits per heavy atom. The third-order valence-electron chi connectivity index (χ3n) is 3.87. The summed E-state index contributed by atoms with van der Waals surface area (Å²) >= 11 is 5.94. The van der Waals surface area contributed by atoms with Gasteiger partial charge >= 0.3 is 0 Å². The number of nitrogens with zero attached hydrogens (tertiary/aromatic N) is 1. The number of carbonyl (C=O) groups excluding carboxylic acids is 1. The van der Waals surface area contributed by atoms with Crippen LogP contribution in [-0.2, 0) is 0 Å². The van der Waals surface area contributed by atoms with Gasteiger partial charge in [-0.15, -0.1) is 0 Å². The van der Waals surface area contributed by atoms with Crippen molar-refractivity contribution in [3.8, 4) is 0 Å². The molecule has 2 rings (SSSR count). The monoisotopic (exact) mass is 267 g/mol. The fourth-order valence-corrected chi connectivity index (χ4v) is 2.49. The fourth-order valence-electron chi connectivity index (χ4n) is 2.30. The molecule has 1 aliphatic carbocycles. The molecule has 1 heterocycles. The Morgan fingerprint density at radius 1 is 1.56 bits per heavy atom. The van der Waals surface area contributed by atoms with Gasteiger partial charge in [0.2, 0.25) is 0 Å². The fraction of sp³-hybridized carbons (Fsp3) is 0.538. The zero-order valence-electron chi connectivity index (χ0n) is 10.5. The Balaban J connectivity index is 2.01. The summed E-state index contributed by atoms with van der Waals surface area (Å²) in [5.41, 5.74) is 6.05. The van der Waals surface area contributed by atoms with E-state index in [9.17, 15) is 4.79 Å². The van der Waals surface area contributed by atoms with E-state index in [-0.39, 0.29) is 17.0 Å². The van der Waals surface area contributed by atoms with Crippen LogP contribution in [0.25, 0.3) is 0 Å². The van der Waals surface area contributed by atoms with Crippen molar-refractivity contribution in [2.45, 2.75) is 32.6 Å². The van der Waals surface area contributed by atoms with Crippen LogP contribution in [0.15, 0.2) is 12.1 Å². The second kappa shape index (κ2) is 5.14. The lowest BCUT2D eigenvalue weighted by Gasteiger charge is -2.41. The number of nitrogens with two attached hydrogens (primary N) is 1. The first-order chi connectivity index (χ1) is 8.56. The molecule has 4 nitrogen and oxygen atoms in total. The highest BCUT2D eigenvalue weighted by Gasteiger charge is 2.35. The van der Waals surface area contributed by atoms with E-state index in [1.807, 2.05) is 0 Å². The van der Waals surface area contributed by atoms with E-state index in [1.165, 1.54) is 19.3 Å². The van der Waals surface area contributed by atoms with Crippen LogP contribution in [0, 0.1) is 5.41 Å². The Kier molecular flexibility index (Phi) is 3.76. The summed E-state index contributed by atoms with van der Waals surface area (Å²) in [5, 5.41) is 3.25. The number of amides is 1. The number of nitrogen functional groups attached to an aromatic ring is 1. The Labute approximate surface area is 112 Å². The minimum Gasteiger partial charge on any atom is -0.384 e. The molecular weight excluding hydrogens is 250 g/mol. The molecule has 0 saturated heterocycles. The molecule has 0 bridgehead atoms. The Hall–Kier alpha value is -1.29. The lowest BCUT2D eigenvalue weighted by atomic mass is 9.67.